The van der Waals surface area contributed by atoms with Crippen LogP contribution in [0.15, 0.2) is 69.3 Å². The Labute approximate surface area is 117 Å². The normalized spacial score (nSPS) is 11.7. The molecular weight excluding hydrogens is 300 g/mol. The van der Waals surface area contributed by atoms with E-state index >= 15 is 0 Å². The number of sulfonamides is 1. The Morgan fingerprint density at radius 3 is 1.65 bits per heavy atom. The van der Waals surface area contributed by atoms with E-state index < -0.39 is 24.8 Å². The molecule has 0 aromatic heterocycles. The van der Waals surface area contributed by atoms with E-state index in [0.29, 0.717) is 0 Å². The minimum atomic E-state index is -4.10. The average molecular weight is 311 g/mol. The number of hydrogen-bond acceptors (Lipinski definition) is 4. The van der Waals surface area contributed by atoms with Crippen molar-refractivity contribution in [1.29, 1.82) is 0 Å². The lowest BCUT2D eigenvalue weighted by Gasteiger charge is -2.08. The quantitative estimate of drug-likeness (QED) is 0.894. The van der Waals surface area contributed by atoms with Crippen molar-refractivity contribution in [3.05, 3.63) is 54.6 Å². The van der Waals surface area contributed by atoms with E-state index in [1.165, 1.54) is 36.4 Å². The van der Waals surface area contributed by atoms with Crippen LogP contribution in [0.25, 0.3) is 0 Å². The third-order valence-electron chi connectivity index (χ3n) is 2.50. The summed E-state index contributed by atoms with van der Waals surface area (Å²) in [5.41, 5.74) is 0. The second kappa shape index (κ2) is 5.71. The molecule has 2 aromatic carbocycles. The molecule has 0 unspecified atom stereocenters. The molecule has 0 fully saturated rings. The Morgan fingerprint density at radius 1 is 0.700 bits per heavy atom. The lowest BCUT2D eigenvalue weighted by atomic mass is 10.4. The van der Waals surface area contributed by atoms with Crippen LogP contribution in [0, 0.1) is 0 Å². The van der Waals surface area contributed by atoms with Crippen molar-refractivity contribution < 1.29 is 16.8 Å². The number of benzene rings is 2. The van der Waals surface area contributed by atoms with Crippen molar-refractivity contribution >= 4 is 19.9 Å². The van der Waals surface area contributed by atoms with Crippen LogP contribution in [-0.4, -0.2) is 16.8 Å². The van der Waals surface area contributed by atoms with Gasteiger partial charge in [0.05, 0.1) is 9.79 Å². The van der Waals surface area contributed by atoms with Crippen molar-refractivity contribution in [2.45, 2.75) is 14.7 Å². The predicted molar refractivity (Wildman–Crippen MR) is 71.8 cm³/mol. The van der Waals surface area contributed by atoms with Crippen LogP contribution in [0.3, 0.4) is 0 Å². The predicted octanol–water partition coefficient (Wildman–Crippen LogP) is 0.686. The highest BCUT2D eigenvalue weighted by molar-refractivity contribution is 7.93. The summed E-state index contributed by atoms with van der Waals surface area (Å²) in [4.78, 5) is -0.700. The molecule has 2 aromatic rings. The molecule has 6 nitrogen and oxygen atoms in total. The molecule has 20 heavy (non-hydrogen) atoms. The van der Waals surface area contributed by atoms with Crippen LogP contribution in [0.4, 0.5) is 0 Å². The first-order chi connectivity index (χ1) is 8.83. The first kappa shape index (κ1) is 16.3. The zero-order valence-corrected chi connectivity index (χ0v) is 11.8. The second-order valence-corrected chi connectivity index (χ2v) is 7.26. The molecule has 0 atom stereocenters. The molecule has 0 amide bonds. The summed E-state index contributed by atoms with van der Waals surface area (Å²) in [5, 5.41) is 5.04. The fourth-order valence-electron chi connectivity index (χ4n) is 1.63. The van der Waals surface area contributed by atoms with Gasteiger partial charge in [-0.25, -0.2) is 22.0 Å². The maximum atomic E-state index is 12.4. The maximum absolute atomic E-state index is 12.4. The van der Waals surface area contributed by atoms with Crippen LogP contribution < -0.4 is 11.3 Å². The van der Waals surface area contributed by atoms with Gasteiger partial charge in [0.25, 0.3) is 0 Å². The Bertz CT molecular complexity index is 800. The fourth-order valence-corrected chi connectivity index (χ4v) is 4.29. The number of sulfone groups is 1. The molecule has 8 heteroatoms. The van der Waals surface area contributed by atoms with Crippen LogP contribution in [0.5, 0.6) is 0 Å². The van der Waals surface area contributed by atoms with Crippen molar-refractivity contribution in [3.8, 4) is 0 Å². The summed E-state index contributed by atoms with van der Waals surface area (Å²) in [6, 6.07) is 12.9. The van der Waals surface area contributed by atoms with Gasteiger partial charge in [0, 0.05) is 6.15 Å². The third-order valence-corrected chi connectivity index (χ3v) is 5.42. The highest BCUT2D eigenvalue weighted by atomic mass is 32.2. The topological polar surface area (TPSA) is 125 Å². The van der Waals surface area contributed by atoms with E-state index in [0.717, 1.165) is 0 Å². The van der Waals surface area contributed by atoms with Crippen LogP contribution >= 0.6 is 0 Å². The van der Waals surface area contributed by atoms with E-state index in [2.05, 4.69) is 0 Å². The van der Waals surface area contributed by atoms with Gasteiger partial charge in [0.15, 0.2) is 0 Å². The van der Waals surface area contributed by atoms with Crippen molar-refractivity contribution in [3.63, 3.8) is 0 Å². The van der Waals surface area contributed by atoms with Gasteiger partial charge >= 0.3 is 0 Å². The maximum Gasteiger partial charge on any atom is 0.239 e. The van der Waals surface area contributed by atoms with Gasteiger partial charge in [0.1, 0.15) is 4.90 Å². The van der Waals surface area contributed by atoms with E-state index in [-0.39, 0.29) is 15.9 Å². The smallest absolute Gasteiger partial charge is 0.225 e. The number of nitrogens with two attached hydrogens (primary N) is 1. The van der Waals surface area contributed by atoms with Gasteiger partial charge in [0.2, 0.25) is 19.9 Å². The molecule has 0 aliphatic rings. The molecule has 0 aliphatic heterocycles. The second-order valence-electron chi connectivity index (χ2n) is 3.81. The molecule has 105 valence electrons. The molecule has 0 spiro atoms. The molecule has 3 radical (unpaired) electrons. The summed E-state index contributed by atoms with van der Waals surface area (Å²) in [5.74, 6) is 0. The number of rotatable bonds is 3. The van der Waals surface area contributed by atoms with Crippen molar-refractivity contribution in [2.24, 2.45) is 5.14 Å². The van der Waals surface area contributed by atoms with Crippen LogP contribution in [0.2, 0.25) is 0 Å². The van der Waals surface area contributed by atoms with E-state index in [4.69, 9.17) is 5.14 Å². The molecule has 0 saturated carbocycles. The Balaban J connectivity index is 0.00000200. The number of hydrogen-bond donors (Lipinski definition) is 1. The fraction of sp³-hybridized carbons (Fsp3) is 0. The van der Waals surface area contributed by atoms with Crippen molar-refractivity contribution in [2.75, 3.05) is 0 Å². The monoisotopic (exact) mass is 311 g/mol. The van der Waals surface area contributed by atoms with Crippen LogP contribution in [0.1, 0.15) is 0 Å². The lowest BCUT2D eigenvalue weighted by Crippen LogP contribution is -2.16. The first-order valence-electron chi connectivity index (χ1n) is 5.25. The number of nitrogens with zero attached hydrogens (tertiary/aromatic N) is 1. The van der Waals surface area contributed by atoms with Gasteiger partial charge < -0.3 is 0 Å². The zero-order valence-electron chi connectivity index (χ0n) is 10.2. The van der Waals surface area contributed by atoms with Gasteiger partial charge in [-0.3, -0.25) is 0 Å². The molecule has 0 aliphatic carbocycles. The Morgan fingerprint density at radius 2 is 1.15 bits per heavy atom. The molecular formula is C12H11N2O4S2. The van der Waals surface area contributed by atoms with Gasteiger partial charge in [-0.15, -0.1) is 0 Å². The summed E-state index contributed by atoms with van der Waals surface area (Å²) in [6.07, 6.45) is 0. The minimum Gasteiger partial charge on any atom is -0.225 e. The average Bonchev–Trinajstić information content (AvgIpc) is 2.39. The number of primary sulfonamides is 1. The third kappa shape index (κ3) is 3.05. The largest absolute Gasteiger partial charge is 0.239 e. The highest BCUT2D eigenvalue weighted by Crippen LogP contribution is 2.25. The van der Waals surface area contributed by atoms with E-state index in [1.54, 1.807) is 18.2 Å². The van der Waals surface area contributed by atoms with Gasteiger partial charge in [-0.1, -0.05) is 30.3 Å². The summed E-state index contributed by atoms with van der Waals surface area (Å²) < 4.78 is 47.7. The first-order valence-corrected chi connectivity index (χ1v) is 8.28. The minimum absolute atomic E-state index is 0. The molecule has 2 N–H and O–H groups in total. The standard InChI is InChI=1S/C12H11NO4S2.N/c13-19(16,17)12-9-5-4-8-11(12)18(14,15)10-6-2-1-3-7-10;/h1-9H,(H2,13,16,17);. The van der Waals surface area contributed by atoms with Gasteiger partial charge in [-0.2, -0.15) is 0 Å². The Hall–Kier alpha value is -1.74. The molecule has 2 rings (SSSR count). The molecule has 0 bridgehead atoms. The van der Waals surface area contributed by atoms with Gasteiger partial charge in [-0.05, 0) is 24.3 Å². The van der Waals surface area contributed by atoms with E-state index in [1.807, 2.05) is 0 Å². The summed E-state index contributed by atoms with van der Waals surface area (Å²) in [6.45, 7) is 0. The van der Waals surface area contributed by atoms with Crippen LogP contribution in [-0.2, 0) is 19.9 Å². The highest BCUT2D eigenvalue weighted by Gasteiger charge is 2.25. The summed E-state index contributed by atoms with van der Waals surface area (Å²) in [7, 11) is -8.02. The summed E-state index contributed by atoms with van der Waals surface area (Å²) >= 11 is 0. The van der Waals surface area contributed by atoms with E-state index in [9.17, 15) is 16.8 Å². The molecule has 0 heterocycles. The Kier molecular flexibility index (Phi) is 4.66. The molecule has 0 saturated heterocycles. The SMILES string of the molecule is NS(=O)(=O)c1ccccc1S(=O)(=O)c1ccccc1.[N]. The van der Waals surface area contributed by atoms with Crippen molar-refractivity contribution in [1.82, 2.24) is 6.15 Å². The zero-order chi connectivity index (χ0) is 14.1. The lowest BCUT2D eigenvalue weighted by molar-refractivity contribution is 0.583.